The molecule has 2 heterocycles. The number of carbonyl (C=O) groups excluding carboxylic acids is 2. The van der Waals surface area contributed by atoms with E-state index in [-0.39, 0.29) is 17.7 Å². The fraction of sp³-hybridized carbons (Fsp3) is 0.429. The van der Waals surface area contributed by atoms with Crippen LogP contribution >= 0.6 is 0 Å². The molecule has 0 radical (unpaired) electrons. The van der Waals surface area contributed by atoms with Crippen molar-refractivity contribution in [1.82, 2.24) is 15.2 Å². The van der Waals surface area contributed by atoms with E-state index in [1.807, 2.05) is 42.6 Å². The van der Waals surface area contributed by atoms with Gasteiger partial charge >= 0.3 is 0 Å². The smallest absolute Gasteiger partial charge is 0.254 e. The van der Waals surface area contributed by atoms with Gasteiger partial charge in [-0.1, -0.05) is 62.6 Å². The first-order valence-corrected chi connectivity index (χ1v) is 12.4. The Bertz CT molecular complexity index is 1160. The molecule has 0 saturated heterocycles. The summed E-state index contributed by atoms with van der Waals surface area (Å²) in [5, 5.41) is 4.45. The lowest BCUT2D eigenvalue weighted by Crippen LogP contribution is -2.60. The quantitative estimate of drug-likeness (QED) is 0.528. The topological polar surface area (TPSA) is 65.2 Å². The maximum absolute atomic E-state index is 13.8. The molecule has 5 heteroatoms. The lowest BCUT2D eigenvalue weighted by Gasteiger charge is -2.50. The molecule has 2 amide bonds. The summed E-state index contributed by atoms with van der Waals surface area (Å²) in [6, 6.07) is 16.0. The van der Waals surface area contributed by atoms with E-state index in [1.165, 1.54) is 10.9 Å². The van der Waals surface area contributed by atoms with E-state index in [0.717, 1.165) is 62.6 Å². The number of rotatable bonds is 7. The molecule has 172 valence electrons. The summed E-state index contributed by atoms with van der Waals surface area (Å²) in [5.41, 5.74) is 3.54. The number of carbonyl (C=O) groups is 2. The second-order valence-corrected chi connectivity index (χ2v) is 9.54. The van der Waals surface area contributed by atoms with Crippen molar-refractivity contribution in [2.24, 2.45) is 0 Å². The molecule has 2 aliphatic rings. The zero-order chi connectivity index (χ0) is 22.8. The van der Waals surface area contributed by atoms with Crippen LogP contribution in [0.4, 0.5) is 0 Å². The van der Waals surface area contributed by atoms with Crippen LogP contribution < -0.4 is 5.32 Å². The number of nitrogens with one attached hydrogen (secondary N) is 2. The molecular weight excluding hydrogens is 410 g/mol. The molecule has 3 aromatic rings. The number of hydrogen-bond acceptors (Lipinski definition) is 2. The van der Waals surface area contributed by atoms with Gasteiger partial charge in [-0.25, -0.2) is 0 Å². The maximum Gasteiger partial charge on any atom is 0.254 e. The highest BCUT2D eigenvalue weighted by atomic mass is 16.2. The monoisotopic (exact) mass is 443 g/mol. The van der Waals surface area contributed by atoms with E-state index >= 15 is 0 Å². The molecule has 1 aliphatic carbocycles. The molecular formula is C28H33N3O2. The van der Waals surface area contributed by atoms with Crippen LogP contribution in [-0.4, -0.2) is 40.3 Å². The van der Waals surface area contributed by atoms with Crippen LogP contribution in [0.25, 0.3) is 10.9 Å². The minimum absolute atomic E-state index is 0.0539. The fourth-order valence-corrected chi connectivity index (χ4v) is 6.07. The van der Waals surface area contributed by atoms with Gasteiger partial charge in [0.2, 0.25) is 5.91 Å². The Morgan fingerprint density at radius 3 is 2.70 bits per heavy atom. The third kappa shape index (κ3) is 3.73. The zero-order valence-corrected chi connectivity index (χ0v) is 19.4. The number of fused-ring (bicyclic) bond motifs is 2. The Balaban J connectivity index is 1.42. The fourth-order valence-electron chi connectivity index (χ4n) is 6.07. The molecule has 5 nitrogen and oxygen atoms in total. The summed E-state index contributed by atoms with van der Waals surface area (Å²) < 4.78 is 0. The van der Waals surface area contributed by atoms with Crippen molar-refractivity contribution in [2.75, 3.05) is 13.1 Å². The molecule has 1 aliphatic heterocycles. The molecule has 1 aromatic heterocycles. The Morgan fingerprint density at radius 2 is 1.88 bits per heavy atom. The predicted octanol–water partition coefficient (Wildman–Crippen LogP) is 5.18. The molecule has 5 rings (SSSR count). The minimum atomic E-state index is -0.397. The second kappa shape index (κ2) is 9.05. The van der Waals surface area contributed by atoms with Gasteiger partial charge in [0, 0.05) is 35.8 Å². The Kier molecular flexibility index (Phi) is 5.96. The zero-order valence-electron chi connectivity index (χ0n) is 19.4. The van der Waals surface area contributed by atoms with E-state index in [9.17, 15) is 9.59 Å². The first-order valence-electron chi connectivity index (χ1n) is 12.4. The number of amides is 2. The van der Waals surface area contributed by atoms with Gasteiger partial charge in [0.25, 0.3) is 5.91 Å². The van der Waals surface area contributed by atoms with Gasteiger partial charge in [-0.2, -0.15) is 0 Å². The lowest BCUT2D eigenvalue weighted by molar-refractivity contribution is -0.126. The lowest BCUT2D eigenvalue weighted by atomic mass is 9.71. The number of benzene rings is 2. The molecule has 1 fully saturated rings. The maximum atomic E-state index is 13.8. The van der Waals surface area contributed by atoms with Crippen LogP contribution in [0.15, 0.2) is 54.7 Å². The number of nitrogens with zero attached hydrogens (tertiary/aromatic N) is 1. The number of unbranched alkanes of at least 4 members (excludes halogenated alkanes) is 1. The van der Waals surface area contributed by atoms with Crippen molar-refractivity contribution in [2.45, 2.75) is 63.3 Å². The largest absolute Gasteiger partial charge is 0.361 e. The molecule has 2 aromatic carbocycles. The molecule has 1 saturated carbocycles. The normalized spacial score (nSPS) is 19.2. The van der Waals surface area contributed by atoms with Gasteiger partial charge < -0.3 is 15.2 Å². The Labute approximate surface area is 195 Å². The van der Waals surface area contributed by atoms with Gasteiger partial charge in [0.05, 0.1) is 11.5 Å². The highest BCUT2D eigenvalue weighted by Gasteiger charge is 2.55. The summed E-state index contributed by atoms with van der Waals surface area (Å²) in [5.74, 6) is -0.157. The van der Waals surface area contributed by atoms with E-state index in [2.05, 4.69) is 34.3 Å². The molecule has 1 spiro atoms. The average Bonchev–Trinajstić information content (AvgIpc) is 3.47. The van der Waals surface area contributed by atoms with Crippen LogP contribution in [0.3, 0.4) is 0 Å². The van der Waals surface area contributed by atoms with Crippen molar-refractivity contribution >= 4 is 22.7 Å². The first kappa shape index (κ1) is 21.7. The van der Waals surface area contributed by atoms with E-state index < -0.39 is 5.54 Å². The third-order valence-corrected chi connectivity index (χ3v) is 7.66. The summed E-state index contributed by atoms with van der Waals surface area (Å²) in [7, 11) is 0. The van der Waals surface area contributed by atoms with E-state index in [1.54, 1.807) is 0 Å². The van der Waals surface area contributed by atoms with Gasteiger partial charge in [0.1, 0.15) is 0 Å². The van der Waals surface area contributed by atoms with Gasteiger partial charge in [0.15, 0.2) is 0 Å². The van der Waals surface area contributed by atoms with Crippen LogP contribution in [-0.2, 0) is 11.2 Å². The molecule has 2 N–H and O–H groups in total. The summed E-state index contributed by atoms with van der Waals surface area (Å²) in [6.45, 7) is 3.46. The number of aromatic nitrogens is 1. The van der Waals surface area contributed by atoms with Crippen molar-refractivity contribution in [3.05, 3.63) is 71.4 Å². The number of para-hydroxylation sites is 1. The van der Waals surface area contributed by atoms with Crippen LogP contribution in [0.1, 0.15) is 72.9 Å². The van der Waals surface area contributed by atoms with Gasteiger partial charge in [-0.05, 0) is 48.9 Å². The summed E-state index contributed by atoms with van der Waals surface area (Å²) in [4.78, 5) is 32.7. The van der Waals surface area contributed by atoms with Crippen molar-refractivity contribution in [1.29, 1.82) is 0 Å². The van der Waals surface area contributed by atoms with Crippen LogP contribution in [0, 0.1) is 0 Å². The number of H-pyrrole nitrogens is 1. The SMILES string of the molecule is CCCCN1C(=O)c2ccccc2[C@@H](C(=O)NCCc2c[nH]c3ccccc23)C12CCCC2. The first-order chi connectivity index (χ1) is 16.2. The number of hydrogen-bond donors (Lipinski definition) is 2. The molecule has 0 bridgehead atoms. The predicted molar refractivity (Wildman–Crippen MR) is 131 cm³/mol. The van der Waals surface area contributed by atoms with Gasteiger partial charge in [-0.3, -0.25) is 9.59 Å². The van der Waals surface area contributed by atoms with Crippen LogP contribution in [0.5, 0.6) is 0 Å². The highest BCUT2D eigenvalue weighted by Crippen LogP contribution is 2.50. The summed E-state index contributed by atoms with van der Waals surface area (Å²) >= 11 is 0. The second-order valence-electron chi connectivity index (χ2n) is 9.54. The van der Waals surface area contributed by atoms with Crippen molar-refractivity contribution in [3.8, 4) is 0 Å². The van der Waals surface area contributed by atoms with Crippen LogP contribution in [0.2, 0.25) is 0 Å². The summed E-state index contributed by atoms with van der Waals surface area (Å²) in [6.07, 6.45) is 8.74. The molecule has 1 atom stereocenters. The Hall–Kier alpha value is -3.08. The Morgan fingerprint density at radius 1 is 1.12 bits per heavy atom. The van der Waals surface area contributed by atoms with Crippen molar-refractivity contribution < 1.29 is 9.59 Å². The number of aromatic amines is 1. The molecule has 33 heavy (non-hydrogen) atoms. The highest BCUT2D eigenvalue weighted by molar-refractivity contribution is 6.02. The minimum Gasteiger partial charge on any atom is -0.361 e. The average molecular weight is 444 g/mol. The van der Waals surface area contributed by atoms with Gasteiger partial charge in [-0.15, -0.1) is 0 Å². The standard InChI is InChI=1S/C28H33N3O2/c1-2-3-18-31-27(33)23-12-5-4-11-22(23)25(28(31)15-8-9-16-28)26(32)29-17-14-20-19-30-24-13-7-6-10-21(20)24/h4-7,10-13,19,25,30H,2-3,8-9,14-18H2,1H3,(H,29,32)/t25-/m0/s1. The van der Waals surface area contributed by atoms with Crippen molar-refractivity contribution in [3.63, 3.8) is 0 Å². The third-order valence-electron chi connectivity index (χ3n) is 7.66. The van der Waals surface area contributed by atoms with E-state index in [0.29, 0.717) is 12.1 Å². The van der Waals surface area contributed by atoms with E-state index in [4.69, 9.17) is 0 Å². The molecule has 0 unspecified atom stereocenters.